The van der Waals surface area contributed by atoms with Crippen molar-refractivity contribution in [2.45, 2.75) is 0 Å². The van der Waals surface area contributed by atoms with Gasteiger partial charge in [0.2, 0.25) is 0 Å². The molecule has 4 nitrogen and oxygen atoms in total. The number of nitro groups is 1. The number of rotatable bonds is 2. The third-order valence-electron chi connectivity index (χ3n) is 1.47. The Morgan fingerprint density at radius 2 is 2.15 bits per heavy atom. The quantitative estimate of drug-likeness (QED) is 0.304. The first-order valence-corrected chi connectivity index (χ1v) is 3.62. The number of nitro benzene ring substituents is 1. The smallest absolute Gasteiger partial charge is 0.281 e. The number of hydrogen-bond acceptors (Lipinski definition) is 3. The summed E-state index contributed by atoms with van der Waals surface area (Å²) < 4.78 is 0. The van der Waals surface area contributed by atoms with E-state index in [0.29, 0.717) is 6.29 Å². The molecule has 0 aliphatic carbocycles. The van der Waals surface area contributed by atoms with Gasteiger partial charge in [0.15, 0.2) is 6.29 Å². The summed E-state index contributed by atoms with van der Waals surface area (Å²) in [6.07, 6.45) is 0.366. The first-order chi connectivity index (χ1) is 6.06. The van der Waals surface area contributed by atoms with Gasteiger partial charge in [0, 0.05) is 11.1 Å². The number of halogens is 1. The van der Waals surface area contributed by atoms with E-state index in [1.807, 2.05) is 0 Å². The van der Waals surface area contributed by atoms with E-state index < -0.39 is 4.92 Å². The number of carbonyl (C=O) groups is 1. The molecule has 0 atom stereocenters. The van der Waals surface area contributed by atoms with E-state index in [0.717, 1.165) is 6.07 Å². The molecule has 0 heterocycles. The first-order valence-electron chi connectivity index (χ1n) is 3.25. The lowest BCUT2D eigenvalue weighted by Crippen LogP contribution is -2.07. The number of hydrogen-bond donors (Lipinski definition) is 0. The SMILES string of the molecule is [B]c1cc(C=O)c([N+](=O)[O-])cc1Cl. The zero-order chi connectivity index (χ0) is 10.0. The van der Waals surface area contributed by atoms with Crippen LogP contribution in [0.25, 0.3) is 0 Å². The molecule has 1 aromatic carbocycles. The van der Waals surface area contributed by atoms with Gasteiger partial charge in [-0.15, -0.1) is 0 Å². The minimum absolute atomic E-state index is 0.0669. The van der Waals surface area contributed by atoms with Gasteiger partial charge in [-0.2, -0.15) is 0 Å². The number of benzene rings is 1. The Kier molecular flexibility index (Phi) is 2.68. The third-order valence-corrected chi connectivity index (χ3v) is 1.80. The highest BCUT2D eigenvalue weighted by molar-refractivity contribution is 6.45. The van der Waals surface area contributed by atoms with Crippen LogP contribution in [-0.2, 0) is 0 Å². The minimum atomic E-state index is -0.685. The lowest BCUT2D eigenvalue weighted by atomic mass is 9.94. The van der Waals surface area contributed by atoms with Crippen LogP contribution >= 0.6 is 11.6 Å². The fraction of sp³-hybridized carbons (Fsp3) is 0. The van der Waals surface area contributed by atoms with E-state index in [-0.39, 0.29) is 21.7 Å². The maximum Gasteiger partial charge on any atom is 0.281 e. The molecule has 0 bridgehead atoms. The van der Waals surface area contributed by atoms with Gasteiger partial charge in [-0.25, -0.2) is 0 Å². The van der Waals surface area contributed by atoms with E-state index in [1.165, 1.54) is 6.07 Å². The Labute approximate surface area is 80.1 Å². The number of nitrogens with zero attached hydrogens (tertiary/aromatic N) is 1. The molecule has 0 N–H and O–H groups in total. The van der Waals surface area contributed by atoms with E-state index in [2.05, 4.69) is 0 Å². The number of aldehydes is 1. The van der Waals surface area contributed by atoms with Crippen LogP contribution < -0.4 is 5.46 Å². The van der Waals surface area contributed by atoms with Gasteiger partial charge in [-0.05, 0) is 0 Å². The zero-order valence-electron chi connectivity index (χ0n) is 6.36. The van der Waals surface area contributed by atoms with Crippen LogP contribution in [0.2, 0.25) is 5.02 Å². The third kappa shape index (κ3) is 1.87. The molecule has 0 amide bonds. The van der Waals surface area contributed by atoms with E-state index in [4.69, 9.17) is 19.4 Å². The predicted molar refractivity (Wildman–Crippen MR) is 48.9 cm³/mol. The minimum Gasteiger partial charge on any atom is -0.298 e. The van der Waals surface area contributed by atoms with Gasteiger partial charge < -0.3 is 0 Å². The van der Waals surface area contributed by atoms with Crippen LogP contribution in [0, 0.1) is 10.1 Å². The van der Waals surface area contributed by atoms with Gasteiger partial charge in [0.1, 0.15) is 7.85 Å². The molecule has 0 aromatic heterocycles. The molecule has 0 unspecified atom stereocenters. The molecule has 0 aliphatic rings. The summed E-state index contributed by atoms with van der Waals surface area (Å²) in [6.45, 7) is 0. The van der Waals surface area contributed by atoms with Crippen molar-refractivity contribution in [2.75, 3.05) is 0 Å². The fourth-order valence-electron chi connectivity index (χ4n) is 0.850. The highest BCUT2D eigenvalue weighted by atomic mass is 35.5. The monoisotopic (exact) mass is 195 g/mol. The summed E-state index contributed by atoms with van der Waals surface area (Å²) in [4.78, 5) is 20.1. The summed E-state index contributed by atoms with van der Waals surface area (Å²) in [7, 11) is 5.35. The second kappa shape index (κ2) is 3.57. The Morgan fingerprint density at radius 1 is 1.54 bits per heavy atom. The molecule has 64 valence electrons. The molecule has 6 heteroatoms. The molecule has 0 saturated heterocycles. The van der Waals surface area contributed by atoms with E-state index >= 15 is 0 Å². The lowest BCUT2D eigenvalue weighted by molar-refractivity contribution is -0.385. The van der Waals surface area contributed by atoms with Crippen LogP contribution in [0.3, 0.4) is 0 Å². The van der Waals surface area contributed by atoms with Crippen molar-refractivity contribution in [3.63, 3.8) is 0 Å². The molecule has 0 saturated carbocycles. The molecule has 0 spiro atoms. The largest absolute Gasteiger partial charge is 0.298 e. The van der Waals surface area contributed by atoms with Gasteiger partial charge in [0.25, 0.3) is 5.69 Å². The summed E-state index contributed by atoms with van der Waals surface area (Å²) in [6, 6.07) is 2.23. The summed E-state index contributed by atoms with van der Waals surface area (Å²) in [5.41, 5.74) is -0.268. The average Bonchev–Trinajstić information content (AvgIpc) is 2.08. The van der Waals surface area contributed by atoms with Crippen molar-refractivity contribution < 1.29 is 9.72 Å². The number of carbonyl (C=O) groups excluding carboxylic acids is 1. The molecule has 0 fully saturated rings. The Balaban J connectivity index is 3.41. The fourth-order valence-corrected chi connectivity index (χ4v) is 1.01. The maximum atomic E-state index is 10.4. The van der Waals surface area contributed by atoms with E-state index in [9.17, 15) is 14.9 Å². The van der Waals surface area contributed by atoms with Crippen molar-refractivity contribution in [3.05, 3.63) is 32.8 Å². The normalized spacial score (nSPS) is 9.62. The van der Waals surface area contributed by atoms with Crippen molar-refractivity contribution in [1.82, 2.24) is 0 Å². The van der Waals surface area contributed by atoms with E-state index in [1.54, 1.807) is 0 Å². The summed E-state index contributed by atoms with van der Waals surface area (Å²) >= 11 is 5.54. The molecular formula is C7H3BClNO3. The van der Waals surface area contributed by atoms with Gasteiger partial charge in [-0.3, -0.25) is 14.9 Å². The summed E-state index contributed by atoms with van der Waals surface area (Å²) in [5.74, 6) is 0. The predicted octanol–water partition coefficient (Wildman–Crippen LogP) is 0.854. The molecular weight excluding hydrogens is 192 g/mol. The molecule has 0 aliphatic heterocycles. The first kappa shape index (κ1) is 9.73. The highest BCUT2D eigenvalue weighted by Crippen LogP contribution is 2.19. The van der Waals surface area contributed by atoms with Crippen LogP contribution in [0.15, 0.2) is 12.1 Å². The molecule has 1 aromatic rings. The van der Waals surface area contributed by atoms with Crippen LogP contribution in [0.1, 0.15) is 10.4 Å². The van der Waals surface area contributed by atoms with Crippen LogP contribution in [-0.4, -0.2) is 19.1 Å². The highest BCUT2D eigenvalue weighted by Gasteiger charge is 2.14. The summed E-state index contributed by atoms with van der Waals surface area (Å²) in [5, 5.41) is 10.5. The Hall–Kier alpha value is -1.36. The Morgan fingerprint density at radius 3 is 2.62 bits per heavy atom. The topological polar surface area (TPSA) is 60.2 Å². The van der Waals surface area contributed by atoms with Crippen molar-refractivity contribution in [2.24, 2.45) is 0 Å². The van der Waals surface area contributed by atoms with Crippen molar-refractivity contribution >= 4 is 36.9 Å². The van der Waals surface area contributed by atoms with Crippen molar-refractivity contribution in [3.8, 4) is 0 Å². The van der Waals surface area contributed by atoms with Gasteiger partial charge in [0.05, 0.1) is 10.5 Å². The van der Waals surface area contributed by atoms with Crippen molar-refractivity contribution in [1.29, 1.82) is 0 Å². The van der Waals surface area contributed by atoms with Crippen LogP contribution in [0.5, 0.6) is 0 Å². The molecule has 13 heavy (non-hydrogen) atoms. The molecule has 2 radical (unpaired) electrons. The average molecular weight is 195 g/mol. The zero-order valence-corrected chi connectivity index (χ0v) is 7.12. The lowest BCUT2D eigenvalue weighted by Gasteiger charge is -2.00. The maximum absolute atomic E-state index is 10.4. The van der Waals surface area contributed by atoms with Gasteiger partial charge in [-0.1, -0.05) is 23.1 Å². The Bertz CT molecular complexity index is 380. The second-order valence-corrected chi connectivity index (χ2v) is 2.71. The standard InChI is InChI=1S/C7H3BClNO3/c8-5-1-4(3-11)7(10(12)13)2-6(5)9/h1-3H. The molecule has 1 rings (SSSR count). The van der Waals surface area contributed by atoms with Crippen LogP contribution in [0.4, 0.5) is 5.69 Å². The second-order valence-electron chi connectivity index (χ2n) is 2.31. The van der Waals surface area contributed by atoms with Gasteiger partial charge >= 0.3 is 0 Å².